The number of pyridine rings is 1. The van der Waals surface area contributed by atoms with E-state index in [2.05, 4.69) is 53.8 Å². The molecule has 1 N–H and O–H groups in total. The van der Waals surface area contributed by atoms with Crippen molar-refractivity contribution in [3.05, 3.63) is 78.5 Å². The summed E-state index contributed by atoms with van der Waals surface area (Å²) in [5.41, 5.74) is 7.20. The van der Waals surface area contributed by atoms with E-state index in [0.717, 1.165) is 57.6 Å². The quantitative estimate of drug-likeness (QED) is 0.380. The monoisotopic (exact) mass is 496 g/mol. The van der Waals surface area contributed by atoms with Gasteiger partial charge < -0.3 is 14.4 Å². The van der Waals surface area contributed by atoms with Crippen molar-refractivity contribution in [2.75, 3.05) is 29.0 Å². The van der Waals surface area contributed by atoms with E-state index in [4.69, 9.17) is 15.0 Å². The van der Waals surface area contributed by atoms with Crippen molar-refractivity contribution in [2.45, 2.75) is 26.1 Å². The zero-order valence-corrected chi connectivity index (χ0v) is 21.4. The fourth-order valence-electron chi connectivity index (χ4n) is 4.89. The highest BCUT2D eigenvalue weighted by atomic mass is 32.2. The van der Waals surface area contributed by atoms with Crippen LogP contribution in [0.15, 0.2) is 72.9 Å². The number of fused-ring (bicyclic) bond motifs is 1. The molecule has 1 fully saturated rings. The molecule has 0 bridgehead atoms. The van der Waals surface area contributed by atoms with Crippen LogP contribution in [0.4, 0.5) is 11.4 Å². The molecule has 0 aliphatic carbocycles. The third-order valence-corrected chi connectivity index (χ3v) is 6.92. The maximum Gasteiger partial charge on any atom is 0.113 e. The third-order valence-electron chi connectivity index (χ3n) is 6.43. The molecule has 36 heavy (non-hydrogen) atoms. The molecule has 0 spiro atoms. The summed E-state index contributed by atoms with van der Waals surface area (Å²) in [5, 5.41) is 10.0. The lowest BCUT2D eigenvalue weighted by Crippen LogP contribution is -2.45. The largest absolute Gasteiger partial charge is 0.372 e. The van der Waals surface area contributed by atoms with Crippen molar-refractivity contribution >= 4 is 33.3 Å². The molecule has 2 heterocycles. The van der Waals surface area contributed by atoms with Crippen molar-refractivity contribution in [3.63, 3.8) is 0 Å². The number of rotatable bonds is 5. The average molecular weight is 497 g/mol. The Bertz CT molecular complexity index is 1450. The number of nitrogens with one attached hydrogen (secondary N) is 1. The average Bonchev–Trinajstić information content (AvgIpc) is 2.88. The Balaban J connectivity index is 1.57. The van der Waals surface area contributed by atoms with Gasteiger partial charge in [0.2, 0.25) is 0 Å². The fourth-order valence-corrected chi connectivity index (χ4v) is 5.40. The Labute approximate surface area is 214 Å². The maximum absolute atomic E-state index is 12.3. The standard InChI is InChI=1S/C29H28N4O2S/c1-19-17-33(18-20(2)35-19)24-13-11-23(12-14-24)27-16-31-28-25(22-9-7-21(15-30)8-10-22)5-4-6-26(28)29(27)32-36(3)34/h4-14,16,19-20H,17-18H2,1-3H3,(H,31,32). The van der Waals surface area contributed by atoms with Crippen molar-refractivity contribution < 1.29 is 8.95 Å². The minimum absolute atomic E-state index is 0.193. The van der Waals surface area contributed by atoms with Crippen LogP contribution in [0.5, 0.6) is 0 Å². The Kier molecular flexibility index (Phi) is 6.73. The van der Waals surface area contributed by atoms with E-state index in [0.29, 0.717) is 5.56 Å². The molecule has 1 aliphatic heterocycles. The molecule has 5 rings (SSSR count). The number of ether oxygens (including phenoxy) is 1. The number of para-hydroxylation sites is 1. The topological polar surface area (TPSA) is 78.3 Å². The Morgan fingerprint density at radius 3 is 2.25 bits per heavy atom. The van der Waals surface area contributed by atoms with Gasteiger partial charge in [0.25, 0.3) is 0 Å². The van der Waals surface area contributed by atoms with E-state index in [1.807, 2.05) is 36.5 Å². The van der Waals surface area contributed by atoms with Crippen LogP contribution in [0.3, 0.4) is 0 Å². The number of nitrogens with zero attached hydrogens (tertiary/aromatic N) is 3. The number of nitriles is 1. The van der Waals surface area contributed by atoms with E-state index in [1.165, 1.54) is 0 Å². The molecule has 1 aromatic heterocycles. The summed E-state index contributed by atoms with van der Waals surface area (Å²) < 4.78 is 21.4. The van der Waals surface area contributed by atoms with E-state index in [9.17, 15) is 4.21 Å². The van der Waals surface area contributed by atoms with Gasteiger partial charge in [-0.3, -0.25) is 4.98 Å². The minimum Gasteiger partial charge on any atom is -0.372 e. The summed E-state index contributed by atoms with van der Waals surface area (Å²) >= 11 is 0. The second-order valence-corrected chi connectivity index (χ2v) is 10.3. The van der Waals surface area contributed by atoms with Gasteiger partial charge in [0, 0.05) is 47.7 Å². The number of morpholine rings is 1. The van der Waals surface area contributed by atoms with Gasteiger partial charge in [-0.2, -0.15) is 5.26 Å². The highest BCUT2D eigenvalue weighted by Gasteiger charge is 2.22. The Morgan fingerprint density at radius 2 is 1.61 bits per heavy atom. The lowest BCUT2D eigenvalue weighted by molar-refractivity contribution is -0.00521. The second-order valence-electron chi connectivity index (χ2n) is 9.20. The SMILES string of the molecule is CC1CN(c2ccc(-c3cnc4c(-c5ccc(C#N)cc5)cccc4c3NS(C)=O)cc2)CC(C)O1. The number of aromatic nitrogens is 1. The van der Waals surface area contributed by atoms with Crippen LogP contribution in [0.25, 0.3) is 33.2 Å². The molecule has 0 amide bonds. The van der Waals surface area contributed by atoms with Crippen LogP contribution in [0.1, 0.15) is 19.4 Å². The molecule has 7 heteroatoms. The zero-order chi connectivity index (χ0) is 25.2. The first-order valence-corrected chi connectivity index (χ1v) is 13.5. The summed E-state index contributed by atoms with van der Waals surface area (Å²) in [6.07, 6.45) is 3.86. The molecule has 3 atom stereocenters. The second kappa shape index (κ2) is 10.1. The molecule has 182 valence electrons. The lowest BCUT2D eigenvalue weighted by atomic mass is 9.97. The molecule has 1 aliphatic rings. The third kappa shape index (κ3) is 4.83. The Hall–Kier alpha value is -3.73. The first-order chi connectivity index (χ1) is 17.4. The van der Waals surface area contributed by atoms with Crippen molar-refractivity contribution in [2.24, 2.45) is 0 Å². The molecule has 4 aromatic rings. The highest BCUT2D eigenvalue weighted by Crippen LogP contribution is 2.38. The molecule has 0 radical (unpaired) electrons. The normalized spacial score (nSPS) is 18.6. The van der Waals surface area contributed by atoms with Crippen molar-refractivity contribution in [3.8, 4) is 28.3 Å². The molecular formula is C29H28N4O2S. The molecule has 0 saturated carbocycles. The molecule has 3 unspecified atom stereocenters. The van der Waals surface area contributed by atoms with Gasteiger partial charge in [0.1, 0.15) is 11.0 Å². The number of hydrogen-bond acceptors (Lipinski definition) is 5. The predicted molar refractivity (Wildman–Crippen MR) is 147 cm³/mol. The minimum atomic E-state index is -1.26. The Morgan fingerprint density at radius 1 is 0.972 bits per heavy atom. The predicted octanol–water partition coefficient (Wildman–Crippen LogP) is 5.76. The van der Waals surface area contributed by atoms with E-state index < -0.39 is 11.0 Å². The van der Waals surface area contributed by atoms with E-state index in [-0.39, 0.29) is 12.2 Å². The van der Waals surface area contributed by atoms with Gasteiger partial charge in [0.15, 0.2) is 0 Å². The summed E-state index contributed by atoms with van der Waals surface area (Å²) in [4.78, 5) is 7.20. The zero-order valence-electron chi connectivity index (χ0n) is 20.6. The number of benzene rings is 3. The van der Waals surface area contributed by atoms with Crippen molar-refractivity contribution in [1.82, 2.24) is 4.98 Å². The smallest absolute Gasteiger partial charge is 0.113 e. The van der Waals surface area contributed by atoms with Gasteiger partial charge in [-0.1, -0.05) is 42.5 Å². The van der Waals surface area contributed by atoms with E-state index >= 15 is 0 Å². The number of hydrogen-bond donors (Lipinski definition) is 1. The first-order valence-electron chi connectivity index (χ1n) is 12.0. The van der Waals surface area contributed by atoms with Crippen LogP contribution >= 0.6 is 0 Å². The number of anilines is 2. The molecular weight excluding hydrogens is 468 g/mol. The summed E-state index contributed by atoms with van der Waals surface area (Å²) in [6.45, 7) is 5.93. The molecule has 3 aromatic carbocycles. The summed E-state index contributed by atoms with van der Waals surface area (Å²) in [6, 6.07) is 24.1. The van der Waals surface area contributed by atoms with Crippen LogP contribution < -0.4 is 9.62 Å². The molecule has 1 saturated heterocycles. The van der Waals surface area contributed by atoms with Crippen LogP contribution in [0, 0.1) is 11.3 Å². The highest BCUT2D eigenvalue weighted by molar-refractivity contribution is 7.85. The van der Waals surface area contributed by atoms with Gasteiger partial charge in [0.05, 0.1) is 35.0 Å². The van der Waals surface area contributed by atoms with Crippen LogP contribution in [0.2, 0.25) is 0 Å². The summed E-state index contributed by atoms with van der Waals surface area (Å²) in [7, 11) is -1.26. The lowest BCUT2D eigenvalue weighted by Gasteiger charge is -2.36. The van der Waals surface area contributed by atoms with Gasteiger partial charge in [-0.25, -0.2) is 4.21 Å². The maximum atomic E-state index is 12.3. The fraction of sp³-hybridized carbons (Fsp3) is 0.241. The van der Waals surface area contributed by atoms with Gasteiger partial charge in [-0.05, 0) is 49.2 Å². The van der Waals surface area contributed by atoms with E-state index in [1.54, 1.807) is 18.4 Å². The summed E-state index contributed by atoms with van der Waals surface area (Å²) in [5.74, 6) is 0. The van der Waals surface area contributed by atoms with Crippen LogP contribution in [-0.2, 0) is 15.7 Å². The van der Waals surface area contributed by atoms with Gasteiger partial charge in [-0.15, -0.1) is 0 Å². The van der Waals surface area contributed by atoms with Crippen molar-refractivity contribution in [1.29, 1.82) is 5.26 Å². The molecule has 6 nitrogen and oxygen atoms in total. The van der Waals surface area contributed by atoms with Gasteiger partial charge >= 0.3 is 0 Å². The first kappa shape index (κ1) is 24.0. The van der Waals surface area contributed by atoms with Crippen LogP contribution in [-0.4, -0.2) is 40.7 Å².